The van der Waals surface area contributed by atoms with E-state index in [0.29, 0.717) is 6.04 Å². The first-order valence-electron chi connectivity index (χ1n) is 6.17. The van der Waals surface area contributed by atoms with Crippen LogP contribution in [0.25, 0.3) is 0 Å². The minimum absolute atomic E-state index is 0.149. The van der Waals surface area contributed by atoms with E-state index in [0.717, 1.165) is 36.3 Å². The molecule has 2 aliphatic rings. The third-order valence-electron chi connectivity index (χ3n) is 3.69. The number of urea groups is 1. The number of anilines is 1. The van der Waals surface area contributed by atoms with E-state index in [4.69, 9.17) is 0 Å². The predicted molar refractivity (Wildman–Crippen MR) is 74.9 cm³/mol. The molecule has 2 aliphatic heterocycles. The average Bonchev–Trinajstić information content (AvgIpc) is 2.67. The molecule has 2 heterocycles. The van der Waals surface area contributed by atoms with Crippen LogP contribution in [0.3, 0.4) is 0 Å². The maximum Gasteiger partial charge on any atom is 0.324 e. The number of likely N-dealkylation sites (N-methyl/N-ethyl adjacent to an activating group) is 1. The summed E-state index contributed by atoms with van der Waals surface area (Å²) in [7, 11) is 2.12. The Hall–Kier alpha value is -1.07. The van der Waals surface area contributed by atoms with Gasteiger partial charge in [-0.05, 0) is 31.3 Å². The van der Waals surface area contributed by atoms with Crippen LogP contribution in [0.2, 0.25) is 0 Å². The summed E-state index contributed by atoms with van der Waals surface area (Å²) in [5.74, 6) is 0. The fourth-order valence-corrected chi connectivity index (χ4v) is 2.96. The van der Waals surface area contributed by atoms with E-state index in [1.807, 2.05) is 34.1 Å². The molecule has 0 radical (unpaired) electrons. The summed E-state index contributed by atoms with van der Waals surface area (Å²) < 4.78 is 1.04. The molecule has 5 heteroatoms. The lowest BCUT2D eigenvalue weighted by Crippen LogP contribution is -2.50. The summed E-state index contributed by atoms with van der Waals surface area (Å²) in [6, 6.07) is 8.42. The van der Waals surface area contributed by atoms with Gasteiger partial charge in [0, 0.05) is 36.3 Å². The second-order valence-electron chi connectivity index (χ2n) is 4.98. The van der Waals surface area contributed by atoms with Gasteiger partial charge in [-0.1, -0.05) is 15.9 Å². The highest BCUT2D eigenvalue weighted by Gasteiger charge is 2.40. The van der Waals surface area contributed by atoms with Gasteiger partial charge in [-0.3, -0.25) is 4.90 Å². The van der Waals surface area contributed by atoms with Gasteiger partial charge in [0.15, 0.2) is 0 Å². The average molecular weight is 310 g/mol. The summed E-state index contributed by atoms with van der Waals surface area (Å²) >= 11 is 3.42. The number of halogens is 1. The number of carbonyl (C=O) groups is 1. The second kappa shape index (κ2) is 4.55. The Balaban J connectivity index is 1.82. The van der Waals surface area contributed by atoms with Crippen LogP contribution in [-0.4, -0.2) is 55.1 Å². The lowest BCUT2D eigenvalue weighted by atomic mass is 10.2. The Labute approximate surface area is 115 Å². The van der Waals surface area contributed by atoms with Gasteiger partial charge in [0.1, 0.15) is 0 Å². The highest BCUT2D eigenvalue weighted by Crippen LogP contribution is 2.26. The van der Waals surface area contributed by atoms with Crippen molar-refractivity contribution >= 4 is 27.6 Å². The molecular formula is C13H16BrN3O. The number of benzene rings is 1. The summed E-state index contributed by atoms with van der Waals surface area (Å²) in [6.45, 7) is 3.58. The van der Waals surface area contributed by atoms with Crippen molar-refractivity contribution in [1.29, 1.82) is 0 Å². The molecule has 3 rings (SSSR count). The van der Waals surface area contributed by atoms with Crippen LogP contribution in [0.1, 0.15) is 0 Å². The largest absolute Gasteiger partial charge is 0.324 e. The molecule has 0 bridgehead atoms. The molecular weight excluding hydrogens is 294 g/mol. The van der Waals surface area contributed by atoms with Gasteiger partial charge >= 0.3 is 6.03 Å². The zero-order chi connectivity index (χ0) is 12.7. The number of amides is 2. The lowest BCUT2D eigenvalue weighted by Gasteiger charge is -2.33. The SMILES string of the molecule is CN1CCN2C(=O)N(c3ccc(Br)cc3)CC2C1. The summed E-state index contributed by atoms with van der Waals surface area (Å²) in [6.07, 6.45) is 0. The minimum Gasteiger partial charge on any atom is -0.317 e. The molecule has 96 valence electrons. The van der Waals surface area contributed by atoms with Gasteiger partial charge in [-0.25, -0.2) is 4.79 Å². The molecule has 2 amide bonds. The van der Waals surface area contributed by atoms with Crippen LogP contribution >= 0.6 is 15.9 Å². The third kappa shape index (κ3) is 2.01. The molecule has 0 spiro atoms. The normalized spacial score (nSPS) is 24.6. The zero-order valence-electron chi connectivity index (χ0n) is 10.3. The fourth-order valence-electron chi connectivity index (χ4n) is 2.70. The monoisotopic (exact) mass is 309 g/mol. The van der Waals surface area contributed by atoms with Crippen LogP contribution < -0.4 is 4.90 Å². The summed E-state index contributed by atoms with van der Waals surface area (Å²) in [5.41, 5.74) is 0.986. The summed E-state index contributed by atoms with van der Waals surface area (Å²) in [4.78, 5) is 18.5. The molecule has 1 unspecified atom stereocenters. The second-order valence-corrected chi connectivity index (χ2v) is 5.89. The Bertz CT molecular complexity index is 462. The zero-order valence-corrected chi connectivity index (χ0v) is 11.9. The lowest BCUT2D eigenvalue weighted by molar-refractivity contribution is 0.139. The Kier molecular flexibility index (Phi) is 3.03. The Morgan fingerprint density at radius 2 is 1.89 bits per heavy atom. The van der Waals surface area contributed by atoms with Crippen molar-refractivity contribution in [2.75, 3.05) is 38.1 Å². The van der Waals surface area contributed by atoms with E-state index < -0.39 is 0 Å². The number of nitrogens with zero attached hydrogens (tertiary/aromatic N) is 3. The first kappa shape index (κ1) is 12.0. The number of rotatable bonds is 1. The third-order valence-corrected chi connectivity index (χ3v) is 4.22. The van der Waals surface area contributed by atoms with E-state index in [-0.39, 0.29) is 6.03 Å². The number of fused-ring (bicyclic) bond motifs is 1. The van der Waals surface area contributed by atoms with Crippen LogP contribution in [0.5, 0.6) is 0 Å². The minimum atomic E-state index is 0.149. The first-order chi connectivity index (χ1) is 8.65. The number of hydrogen-bond acceptors (Lipinski definition) is 2. The highest BCUT2D eigenvalue weighted by molar-refractivity contribution is 9.10. The molecule has 18 heavy (non-hydrogen) atoms. The van der Waals surface area contributed by atoms with Crippen molar-refractivity contribution in [3.8, 4) is 0 Å². The van der Waals surface area contributed by atoms with E-state index in [9.17, 15) is 4.79 Å². The summed E-state index contributed by atoms with van der Waals surface area (Å²) in [5, 5.41) is 0. The van der Waals surface area contributed by atoms with Gasteiger partial charge in [0.05, 0.1) is 6.04 Å². The maximum atomic E-state index is 12.4. The van der Waals surface area contributed by atoms with Crippen LogP contribution in [0, 0.1) is 0 Å². The van der Waals surface area contributed by atoms with E-state index in [1.165, 1.54) is 0 Å². The molecule has 0 aromatic heterocycles. The molecule has 1 atom stereocenters. The number of hydrogen-bond donors (Lipinski definition) is 0. The fraction of sp³-hybridized carbons (Fsp3) is 0.462. The molecule has 1 aromatic carbocycles. The quantitative estimate of drug-likeness (QED) is 0.793. The molecule has 1 aromatic rings. The van der Waals surface area contributed by atoms with Gasteiger partial charge in [-0.15, -0.1) is 0 Å². The van der Waals surface area contributed by atoms with E-state index in [1.54, 1.807) is 0 Å². The van der Waals surface area contributed by atoms with E-state index in [2.05, 4.69) is 27.9 Å². The molecule has 0 N–H and O–H groups in total. The Morgan fingerprint density at radius 1 is 1.17 bits per heavy atom. The standard InChI is InChI=1S/C13H16BrN3O/c1-15-6-7-16-12(8-15)9-17(13(16)18)11-4-2-10(14)3-5-11/h2-5,12H,6-9H2,1H3. The highest BCUT2D eigenvalue weighted by atomic mass is 79.9. The van der Waals surface area contributed by atoms with E-state index >= 15 is 0 Å². The van der Waals surface area contributed by atoms with Gasteiger partial charge in [0.2, 0.25) is 0 Å². The number of piperazine rings is 1. The maximum absolute atomic E-state index is 12.4. The molecule has 0 saturated carbocycles. The molecule has 4 nitrogen and oxygen atoms in total. The predicted octanol–water partition coefficient (Wildman–Crippen LogP) is 2.01. The van der Waals surface area contributed by atoms with Crippen molar-refractivity contribution in [3.63, 3.8) is 0 Å². The van der Waals surface area contributed by atoms with Crippen LogP contribution in [0.4, 0.5) is 10.5 Å². The van der Waals surface area contributed by atoms with Crippen molar-refractivity contribution in [2.45, 2.75) is 6.04 Å². The van der Waals surface area contributed by atoms with Crippen molar-refractivity contribution in [3.05, 3.63) is 28.7 Å². The van der Waals surface area contributed by atoms with Crippen molar-refractivity contribution in [2.24, 2.45) is 0 Å². The van der Waals surface area contributed by atoms with Crippen LogP contribution in [0.15, 0.2) is 28.7 Å². The Morgan fingerprint density at radius 3 is 2.61 bits per heavy atom. The van der Waals surface area contributed by atoms with Crippen LogP contribution in [-0.2, 0) is 0 Å². The molecule has 2 saturated heterocycles. The molecule has 0 aliphatic carbocycles. The first-order valence-corrected chi connectivity index (χ1v) is 6.97. The van der Waals surface area contributed by atoms with Gasteiger partial charge < -0.3 is 9.80 Å². The van der Waals surface area contributed by atoms with Gasteiger partial charge in [-0.2, -0.15) is 0 Å². The smallest absolute Gasteiger partial charge is 0.317 e. The van der Waals surface area contributed by atoms with Crippen molar-refractivity contribution < 1.29 is 4.79 Å². The van der Waals surface area contributed by atoms with Gasteiger partial charge in [0.25, 0.3) is 0 Å². The molecule has 2 fully saturated rings. The van der Waals surface area contributed by atoms with Crippen molar-refractivity contribution in [1.82, 2.24) is 9.80 Å². The number of carbonyl (C=O) groups excluding carboxylic acids is 1. The topological polar surface area (TPSA) is 26.8 Å².